The third-order valence-corrected chi connectivity index (χ3v) is 17.7. The zero-order valence-corrected chi connectivity index (χ0v) is 37.7. The van der Waals surface area contributed by atoms with Gasteiger partial charge in [-0.15, -0.1) is 0 Å². The lowest BCUT2D eigenvalue weighted by Gasteiger charge is -2.64. The number of hydrogen-bond donors (Lipinski definition) is 1. The monoisotopic (exact) mass is 811 g/mol. The highest BCUT2D eigenvalue weighted by Crippen LogP contribution is 2.65. The average Bonchev–Trinajstić information content (AvgIpc) is 3.50. The summed E-state index contributed by atoms with van der Waals surface area (Å²) in [6.45, 7) is 25.3. The van der Waals surface area contributed by atoms with E-state index in [0.29, 0.717) is 49.9 Å². The van der Waals surface area contributed by atoms with Crippen LogP contribution in [0.2, 0.25) is 18.1 Å². The summed E-state index contributed by atoms with van der Waals surface area (Å²) >= 11 is 0. The Morgan fingerprint density at radius 3 is 2.03 bits per heavy atom. The van der Waals surface area contributed by atoms with E-state index in [1.54, 1.807) is 18.6 Å². The SMILES string of the molecule is CC(C)(C)OC(=O)C[C@H](CC[C@H](NC(=O)c1ccc(CN(Cc2ccccn2)Cc2ccccn2)nc1)B1O[C@@H]2C[C@@H]3C[C@@H](C3(C)C)[C@]2(C)O1)O[Si](C)(C)C(C)(C)C. The minimum Gasteiger partial charge on any atom is -0.460 e. The molecule has 3 saturated carbocycles. The predicted molar refractivity (Wildman–Crippen MR) is 229 cm³/mol. The van der Waals surface area contributed by atoms with Gasteiger partial charge in [0.15, 0.2) is 8.32 Å². The molecule has 3 aromatic heterocycles. The number of amides is 1. The van der Waals surface area contributed by atoms with Gasteiger partial charge in [0.05, 0.1) is 52.8 Å². The molecule has 1 N–H and O–H groups in total. The van der Waals surface area contributed by atoms with E-state index in [1.807, 2.05) is 69.3 Å². The predicted octanol–water partition coefficient (Wildman–Crippen LogP) is 8.34. The lowest BCUT2D eigenvalue weighted by atomic mass is 9.43. The standard InChI is InChI=1S/C45H66BN5O6Si/c1-42(2,3)54-40(52)26-36(56-58(10,11)43(4,5)6)20-21-39(46-55-38-25-32-24-37(44(32,7)8)45(38,9)57-46)50-41(53)31-18-19-35(49-27-31)30-51(28-33-16-12-14-22-47-33)29-34-17-13-15-23-48-34/h12-19,22-23,27,32,36-39H,20-21,24-26,28-30H2,1-11H3,(H,50,53)/t32-,36-,37-,38+,39-,45-/m0/s1. The van der Waals surface area contributed by atoms with Crippen molar-refractivity contribution in [3.05, 3.63) is 89.8 Å². The lowest BCUT2D eigenvalue weighted by molar-refractivity contribution is -0.199. The van der Waals surface area contributed by atoms with Gasteiger partial charge in [-0.05, 0) is 125 Å². The Hall–Kier alpha value is -3.49. The van der Waals surface area contributed by atoms with Crippen LogP contribution in [0, 0.1) is 17.3 Å². The molecule has 0 unspecified atom stereocenters. The Kier molecular flexibility index (Phi) is 13.1. The first-order valence-electron chi connectivity index (χ1n) is 21.1. The van der Waals surface area contributed by atoms with Crippen LogP contribution < -0.4 is 5.32 Å². The largest absolute Gasteiger partial charge is 0.481 e. The van der Waals surface area contributed by atoms with Crippen LogP contribution in [-0.2, 0) is 42.9 Å². The van der Waals surface area contributed by atoms with E-state index >= 15 is 0 Å². The fourth-order valence-electron chi connectivity index (χ4n) is 8.82. The van der Waals surface area contributed by atoms with E-state index < -0.39 is 38.7 Å². The molecular formula is C45H66BN5O6Si. The van der Waals surface area contributed by atoms with Gasteiger partial charge in [0.1, 0.15) is 5.60 Å². The number of hydrogen-bond acceptors (Lipinski definition) is 10. The van der Waals surface area contributed by atoms with Crippen molar-refractivity contribution in [3.8, 4) is 0 Å². The maximum absolute atomic E-state index is 14.1. The second kappa shape index (κ2) is 17.2. The average molecular weight is 812 g/mol. The Morgan fingerprint density at radius 2 is 1.52 bits per heavy atom. The highest BCUT2D eigenvalue weighted by Gasteiger charge is 2.68. The van der Waals surface area contributed by atoms with Gasteiger partial charge in [0.2, 0.25) is 0 Å². The molecule has 58 heavy (non-hydrogen) atoms. The smallest absolute Gasteiger partial charge is 0.460 e. The number of carbonyl (C=O) groups is 2. The topological polar surface area (TPSA) is 125 Å². The molecule has 1 aliphatic heterocycles. The molecule has 1 amide bonds. The van der Waals surface area contributed by atoms with E-state index in [4.69, 9.17) is 23.5 Å². The first-order chi connectivity index (χ1) is 27.1. The highest BCUT2D eigenvalue weighted by molar-refractivity contribution is 6.74. The van der Waals surface area contributed by atoms with E-state index in [1.165, 1.54) is 0 Å². The van der Waals surface area contributed by atoms with Crippen LogP contribution in [0.15, 0.2) is 67.1 Å². The molecule has 2 bridgehead atoms. The Balaban J connectivity index is 1.20. The maximum atomic E-state index is 14.1. The van der Waals surface area contributed by atoms with Crippen molar-refractivity contribution < 1.29 is 28.1 Å². The number of aromatic nitrogens is 3. The third kappa shape index (κ3) is 10.4. The Morgan fingerprint density at radius 1 is 0.897 bits per heavy atom. The van der Waals surface area contributed by atoms with Gasteiger partial charge < -0.3 is 23.8 Å². The first-order valence-corrected chi connectivity index (χ1v) is 24.0. The summed E-state index contributed by atoms with van der Waals surface area (Å²) in [4.78, 5) is 43.5. The first kappa shape index (κ1) is 44.1. The normalized spacial score (nSPS) is 23.8. The van der Waals surface area contributed by atoms with E-state index in [-0.39, 0.29) is 34.9 Å². The van der Waals surface area contributed by atoms with Crippen LogP contribution >= 0.6 is 0 Å². The van der Waals surface area contributed by atoms with Crippen molar-refractivity contribution in [2.45, 2.75) is 162 Å². The third-order valence-electron chi connectivity index (χ3n) is 13.2. The number of esters is 1. The van der Waals surface area contributed by atoms with Crippen molar-refractivity contribution in [2.75, 3.05) is 0 Å². The van der Waals surface area contributed by atoms with Crippen LogP contribution in [-0.4, -0.2) is 76.5 Å². The second-order valence-corrected chi connectivity index (χ2v) is 24.9. The Bertz CT molecular complexity index is 1810. The molecule has 13 heteroatoms. The fraction of sp³-hybridized carbons (Fsp3) is 0.622. The summed E-state index contributed by atoms with van der Waals surface area (Å²) in [5.41, 5.74) is 2.30. The molecule has 0 aromatic carbocycles. The van der Waals surface area contributed by atoms with Crippen molar-refractivity contribution in [1.82, 2.24) is 25.2 Å². The van der Waals surface area contributed by atoms with Crippen molar-refractivity contribution in [2.24, 2.45) is 17.3 Å². The van der Waals surface area contributed by atoms with Crippen LogP contribution in [0.1, 0.15) is 122 Å². The van der Waals surface area contributed by atoms with Crippen LogP contribution in [0.25, 0.3) is 0 Å². The molecule has 6 atom stereocenters. The maximum Gasteiger partial charge on any atom is 0.481 e. The molecule has 3 aromatic rings. The number of rotatable bonds is 16. The molecule has 4 fully saturated rings. The second-order valence-electron chi connectivity index (χ2n) is 20.1. The molecule has 4 aliphatic rings. The number of ether oxygens (including phenoxy) is 1. The Labute approximate surface area is 348 Å². The lowest BCUT2D eigenvalue weighted by Crippen LogP contribution is -2.65. The summed E-state index contributed by atoms with van der Waals surface area (Å²) in [7, 11) is -2.93. The van der Waals surface area contributed by atoms with E-state index in [2.05, 4.69) is 74.8 Å². The molecule has 0 radical (unpaired) electrons. The minimum atomic E-state index is -2.28. The van der Waals surface area contributed by atoms with Crippen LogP contribution in [0.4, 0.5) is 0 Å². The zero-order chi connectivity index (χ0) is 42.1. The van der Waals surface area contributed by atoms with Crippen LogP contribution in [0.5, 0.6) is 0 Å². The van der Waals surface area contributed by atoms with Gasteiger partial charge in [-0.1, -0.05) is 46.8 Å². The number of pyridine rings is 3. The molecule has 3 aliphatic carbocycles. The van der Waals surface area contributed by atoms with Gasteiger partial charge in [0.25, 0.3) is 5.91 Å². The number of nitrogens with one attached hydrogen (secondary N) is 1. The van der Waals surface area contributed by atoms with Crippen molar-refractivity contribution in [1.29, 1.82) is 0 Å². The molecule has 314 valence electrons. The van der Waals surface area contributed by atoms with Crippen molar-refractivity contribution in [3.63, 3.8) is 0 Å². The van der Waals surface area contributed by atoms with Crippen molar-refractivity contribution >= 4 is 27.3 Å². The molecule has 1 saturated heterocycles. The summed E-state index contributed by atoms with van der Waals surface area (Å²) in [6.07, 6.45) is 7.99. The van der Waals surface area contributed by atoms with Gasteiger partial charge >= 0.3 is 13.1 Å². The number of nitrogens with zero attached hydrogens (tertiary/aromatic N) is 4. The van der Waals surface area contributed by atoms with E-state index in [0.717, 1.165) is 29.9 Å². The fourth-order valence-corrected chi connectivity index (χ4v) is 10.2. The zero-order valence-electron chi connectivity index (χ0n) is 36.7. The van der Waals surface area contributed by atoms with Gasteiger partial charge in [-0.2, -0.15) is 0 Å². The minimum absolute atomic E-state index is 0.0456. The summed E-state index contributed by atoms with van der Waals surface area (Å²) in [5, 5.41) is 3.24. The van der Waals surface area contributed by atoms with Gasteiger partial charge in [0, 0.05) is 38.2 Å². The molecule has 7 rings (SSSR count). The summed E-state index contributed by atoms with van der Waals surface area (Å²) < 4.78 is 26.4. The highest BCUT2D eigenvalue weighted by atomic mass is 28.4. The molecular weight excluding hydrogens is 745 g/mol. The molecule has 4 heterocycles. The summed E-state index contributed by atoms with van der Waals surface area (Å²) in [5.74, 6) is -0.0790. The van der Waals surface area contributed by atoms with Gasteiger partial charge in [-0.25, -0.2) is 0 Å². The van der Waals surface area contributed by atoms with Crippen LogP contribution in [0.3, 0.4) is 0 Å². The molecule has 11 nitrogen and oxygen atoms in total. The molecule has 0 spiro atoms. The number of carbonyl (C=O) groups excluding carboxylic acids is 2. The van der Waals surface area contributed by atoms with Gasteiger partial charge in [-0.3, -0.25) is 29.4 Å². The quantitative estimate of drug-likeness (QED) is 0.112. The summed E-state index contributed by atoms with van der Waals surface area (Å²) in [6, 6.07) is 15.6. The van der Waals surface area contributed by atoms with E-state index in [9.17, 15) is 9.59 Å².